The summed E-state index contributed by atoms with van der Waals surface area (Å²) in [4.78, 5) is 14.3. The fraction of sp³-hybridized carbons (Fsp3) is 0.632. The second-order valence-electron chi connectivity index (χ2n) is 7.50. The number of aromatic nitrogens is 3. The van der Waals surface area contributed by atoms with Crippen LogP contribution in [0.15, 0.2) is 29.5 Å². The molecule has 1 saturated carbocycles. The fourth-order valence-electron chi connectivity index (χ4n) is 3.30. The van der Waals surface area contributed by atoms with Gasteiger partial charge < -0.3 is 5.32 Å². The molecule has 24 heavy (non-hydrogen) atoms. The largest absolute Gasteiger partial charge is 0.345 e. The van der Waals surface area contributed by atoms with Crippen molar-refractivity contribution in [1.29, 1.82) is 0 Å². The van der Waals surface area contributed by atoms with Crippen molar-refractivity contribution in [2.45, 2.75) is 52.0 Å². The van der Waals surface area contributed by atoms with Crippen molar-refractivity contribution >= 4 is 5.91 Å². The zero-order valence-corrected chi connectivity index (χ0v) is 15.2. The average molecular weight is 329 g/mol. The molecular formula is C19H29N4O+. The van der Waals surface area contributed by atoms with Crippen molar-refractivity contribution in [3.05, 3.63) is 35.2 Å². The summed E-state index contributed by atoms with van der Waals surface area (Å²) < 4.78 is 1.94. The van der Waals surface area contributed by atoms with Gasteiger partial charge in [0.2, 0.25) is 11.6 Å². The number of rotatable bonds is 6. The first-order chi connectivity index (χ1) is 11.4. The van der Waals surface area contributed by atoms with E-state index in [1.165, 1.54) is 24.0 Å². The summed E-state index contributed by atoms with van der Waals surface area (Å²) in [5, 5.41) is 7.77. The van der Waals surface area contributed by atoms with Crippen molar-refractivity contribution in [2.75, 3.05) is 0 Å². The number of nitrogens with one attached hydrogen (secondary N) is 1. The van der Waals surface area contributed by atoms with Crippen molar-refractivity contribution in [3.63, 3.8) is 0 Å². The van der Waals surface area contributed by atoms with E-state index in [1.807, 2.05) is 25.0 Å². The molecule has 1 amide bonds. The zero-order chi connectivity index (χ0) is 17.3. The Morgan fingerprint density at radius 1 is 1.38 bits per heavy atom. The molecule has 3 rings (SSSR count). The van der Waals surface area contributed by atoms with Gasteiger partial charge in [-0.2, -0.15) is 4.68 Å². The number of hydrogen-bond acceptors (Lipinski definition) is 2. The Labute approximate surface area is 144 Å². The van der Waals surface area contributed by atoms with Crippen LogP contribution >= 0.6 is 0 Å². The maximum Gasteiger partial charge on any atom is 0.241 e. The minimum Gasteiger partial charge on any atom is -0.345 e. The van der Waals surface area contributed by atoms with Gasteiger partial charge in [-0.1, -0.05) is 37.1 Å². The molecule has 2 aliphatic carbocycles. The van der Waals surface area contributed by atoms with Crippen LogP contribution < -0.4 is 10.00 Å². The fourth-order valence-corrected chi connectivity index (χ4v) is 3.30. The van der Waals surface area contributed by atoms with Gasteiger partial charge in [-0.05, 0) is 42.3 Å². The molecule has 0 aromatic carbocycles. The lowest BCUT2D eigenvalue weighted by atomic mass is 9.90. The van der Waals surface area contributed by atoms with Gasteiger partial charge in [0.15, 0.2) is 6.20 Å². The third-order valence-corrected chi connectivity index (χ3v) is 5.16. The van der Waals surface area contributed by atoms with Crippen LogP contribution in [0.4, 0.5) is 0 Å². The Hall–Kier alpha value is -1.91. The number of hydrogen-bond donors (Lipinski definition) is 1. The van der Waals surface area contributed by atoms with E-state index < -0.39 is 0 Å². The average Bonchev–Trinajstić information content (AvgIpc) is 3.32. The second kappa shape index (κ2) is 6.91. The maximum atomic E-state index is 12.5. The summed E-state index contributed by atoms with van der Waals surface area (Å²) in [6.07, 6.45) is 11.3. The van der Waals surface area contributed by atoms with Crippen LogP contribution in [0.2, 0.25) is 0 Å². The molecular weight excluding hydrogens is 300 g/mol. The number of carbonyl (C=O) groups is 1. The van der Waals surface area contributed by atoms with Gasteiger partial charge in [-0.25, -0.2) is 0 Å². The number of amides is 1. The third-order valence-electron chi connectivity index (χ3n) is 5.16. The maximum absolute atomic E-state index is 12.5. The molecule has 5 heteroatoms. The summed E-state index contributed by atoms with van der Waals surface area (Å²) in [5.41, 5.74) is 3.68. The molecule has 1 fully saturated rings. The molecule has 1 N–H and O–H groups in total. The molecule has 5 nitrogen and oxygen atoms in total. The standard InChI is InChI=1S/C19H28N4O/c1-13(2)15-7-5-14(6-8-15)11-18(24)20-19(16-9-10-16)17-12-22(3)23(4)21-17/h5,7,12-13,16,19H,6,8-11H2,1-4H3/p+1. The lowest BCUT2D eigenvalue weighted by Crippen LogP contribution is -2.36. The van der Waals surface area contributed by atoms with Crippen LogP contribution in [0.25, 0.3) is 0 Å². The third kappa shape index (κ3) is 3.94. The van der Waals surface area contributed by atoms with Crippen LogP contribution in [0.3, 0.4) is 0 Å². The minimum atomic E-state index is 0.0517. The topological polar surface area (TPSA) is 50.8 Å². The van der Waals surface area contributed by atoms with Crippen molar-refractivity contribution in [2.24, 2.45) is 25.9 Å². The Morgan fingerprint density at radius 2 is 2.12 bits per heavy atom. The molecule has 0 saturated heterocycles. The van der Waals surface area contributed by atoms with E-state index in [4.69, 9.17) is 0 Å². The van der Waals surface area contributed by atoms with E-state index in [-0.39, 0.29) is 11.9 Å². The quantitative estimate of drug-likeness (QED) is 0.815. The predicted molar refractivity (Wildman–Crippen MR) is 92.8 cm³/mol. The van der Waals surface area contributed by atoms with Crippen LogP contribution in [0, 0.1) is 11.8 Å². The van der Waals surface area contributed by atoms with Crippen molar-refractivity contribution in [3.8, 4) is 0 Å². The summed E-state index contributed by atoms with van der Waals surface area (Å²) in [5.74, 6) is 1.25. The summed E-state index contributed by atoms with van der Waals surface area (Å²) in [7, 11) is 3.88. The smallest absolute Gasteiger partial charge is 0.241 e. The van der Waals surface area contributed by atoms with Gasteiger partial charge in [0, 0.05) is 11.5 Å². The van der Waals surface area contributed by atoms with Gasteiger partial charge >= 0.3 is 0 Å². The molecule has 1 aromatic rings. The van der Waals surface area contributed by atoms with Crippen LogP contribution in [-0.4, -0.2) is 15.8 Å². The predicted octanol–water partition coefficient (Wildman–Crippen LogP) is 2.50. The van der Waals surface area contributed by atoms with E-state index in [9.17, 15) is 4.79 Å². The van der Waals surface area contributed by atoms with Gasteiger partial charge in [0.25, 0.3) is 0 Å². The summed E-state index contributed by atoms with van der Waals surface area (Å²) in [6.45, 7) is 4.45. The second-order valence-corrected chi connectivity index (χ2v) is 7.50. The zero-order valence-electron chi connectivity index (χ0n) is 15.2. The molecule has 1 unspecified atom stereocenters. The van der Waals surface area contributed by atoms with Crippen LogP contribution in [0.1, 0.15) is 57.7 Å². The molecule has 0 spiro atoms. The van der Waals surface area contributed by atoms with E-state index in [0.29, 0.717) is 18.3 Å². The highest BCUT2D eigenvalue weighted by molar-refractivity contribution is 5.79. The highest BCUT2D eigenvalue weighted by Gasteiger charge is 2.38. The number of nitrogens with zero attached hydrogens (tertiary/aromatic N) is 3. The molecule has 1 aromatic heterocycles. The molecule has 0 bridgehead atoms. The molecule has 1 heterocycles. The summed E-state index contributed by atoms with van der Waals surface area (Å²) >= 11 is 0. The van der Waals surface area contributed by atoms with E-state index >= 15 is 0 Å². The molecule has 1 atom stereocenters. The molecule has 130 valence electrons. The first kappa shape index (κ1) is 16.9. The highest BCUT2D eigenvalue weighted by Crippen LogP contribution is 2.40. The molecule has 0 aliphatic heterocycles. The highest BCUT2D eigenvalue weighted by atomic mass is 16.1. The van der Waals surface area contributed by atoms with Crippen molar-refractivity contribution in [1.82, 2.24) is 15.2 Å². The Kier molecular flexibility index (Phi) is 4.88. The van der Waals surface area contributed by atoms with Gasteiger partial charge in [0.1, 0.15) is 13.1 Å². The lowest BCUT2D eigenvalue weighted by Gasteiger charge is -2.18. The van der Waals surface area contributed by atoms with E-state index in [0.717, 1.165) is 18.5 Å². The SMILES string of the molecule is CC(C)C1=CC=C(CC(=O)NC(c2c[n+](C)n(C)n2)C2CC2)CC1. The van der Waals surface area contributed by atoms with Gasteiger partial charge in [0.05, 0.1) is 7.05 Å². The van der Waals surface area contributed by atoms with E-state index in [1.54, 1.807) is 4.80 Å². The first-order valence-electron chi connectivity index (χ1n) is 9.01. The van der Waals surface area contributed by atoms with E-state index in [2.05, 4.69) is 36.4 Å². The Bertz CT molecular complexity index is 660. The van der Waals surface area contributed by atoms with Crippen LogP contribution in [0.5, 0.6) is 0 Å². The molecule has 0 radical (unpaired) electrons. The van der Waals surface area contributed by atoms with Crippen molar-refractivity contribution < 1.29 is 9.48 Å². The lowest BCUT2D eigenvalue weighted by molar-refractivity contribution is -0.755. The Balaban J connectivity index is 1.63. The monoisotopic (exact) mass is 329 g/mol. The molecule has 2 aliphatic rings. The summed E-state index contributed by atoms with van der Waals surface area (Å²) in [6, 6.07) is 0.0517. The number of allylic oxidation sites excluding steroid dienone is 3. The number of carbonyl (C=O) groups excluding carboxylic acids is 1. The normalized spacial score (nSPS) is 19.0. The Morgan fingerprint density at radius 3 is 2.62 bits per heavy atom. The minimum absolute atomic E-state index is 0.0517. The first-order valence-corrected chi connectivity index (χ1v) is 9.01. The van der Waals surface area contributed by atoms with Gasteiger partial charge in [-0.3, -0.25) is 4.79 Å². The van der Waals surface area contributed by atoms with Gasteiger partial charge in [-0.15, -0.1) is 0 Å². The number of aryl methyl sites for hydroxylation is 2. The van der Waals surface area contributed by atoms with Crippen LogP contribution in [-0.2, 0) is 18.9 Å².